The molecule has 7 heteroatoms. The Morgan fingerprint density at radius 2 is 1.53 bits per heavy atom. The van der Waals surface area contributed by atoms with Gasteiger partial charge >= 0.3 is 5.97 Å². The predicted molar refractivity (Wildman–Crippen MR) is 140 cm³/mol. The van der Waals surface area contributed by atoms with Gasteiger partial charge < -0.3 is 10.1 Å². The van der Waals surface area contributed by atoms with Crippen LogP contribution in [0.15, 0.2) is 95.8 Å². The molecule has 5 aromatic rings. The van der Waals surface area contributed by atoms with Gasteiger partial charge in [0, 0.05) is 11.1 Å². The summed E-state index contributed by atoms with van der Waals surface area (Å²) in [4.78, 5) is 42.9. The quantitative estimate of drug-likeness (QED) is 0.359. The summed E-state index contributed by atoms with van der Waals surface area (Å²) in [5, 5.41) is 5.25. The lowest BCUT2D eigenvalue weighted by atomic mass is 10.1. The van der Waals surface area contributed by atoms with Gasteiger partial charge in [-0.05, 0) is 61.7 Å². The van der Waals surface area contributed by atoms with Gasteiger partial charge in [-0.2, -0.15) is 0 Å². The number of rotatable bonds is 5. The zero-order valence-corrected chi connectivity index (χ0v) is 19.8. The molecule has 1 amide bonds. The molecule has 4 aromatic carbocycles. The molecule has 1 N–H and O–H groups in total. The molecule has 1 aromatic heterocycles. The second-order valence-electron chi connectivity index (χ2n) is 8.43. The van der Waals surface area contributed by atoms with Crippen molar-refractivity contribution in [3.05, 3.63) is 113 Å². The van der Waals surface area contributed by atoms with Gasteiger partial charge in [0.1, 0.15) is 5.82 Å². The lowest BCUT2D eigenvalue weighted by molar-refractivity contribution is -0.123. The summed E-state index contributed by atoms with van der Waals surface area (Å²) in [6.45, 7) is 3.28. The Kier molecular flexibility index (Phi) is 6.04. The molecule has 0 aliphatic heterocycles. The monoisotopic (exact) mass is 477 g/mol. The zero-order chi connectivity index (χ0) is 25.2. The van der Waals surface area contributed by atoms with Crippen molar-refractivity contribution in [1.29, 1.82) is 0 Å². The van der Waals surface area contributed by atoms with Crippen LogP contribution in [0.4, 0.5) is 5.69 Å². The number of para-hydroxylation sites is 1. The summed E-state index contributed by atoms with van der Waals surface area (Å²) >= 11 is 0. The molecule has 1 heterocycles. The largest absolute Gasteiger partial charge is 0.449 e. The van der Waals surface area contributed by atoms with Crippen LogP contribution in [0.5, 0.6) is 0 Å². The maximum absolute atomic E-state index is 13.0. The number of benzene rings is 4. The summed E-state index contributed by atoms with van der Waals surface area (Å²) in [6, 6.07) is 26.9. The van der Waals surface area contributed by atoms with Crippen molar-refractivity contribution in [2.45, 2.75) is 20.0 Å². The molecule has 0 saturated carbocycles. The summed E-state index contributed by atoms with van der Waals surface area (Å²) in [6.07, 6.45) is -1.01. The molecular weight excluding hydrogens is 454 g/mol. The maximum Gasteiger partial charge on any atom is 0.338 e. The first-order valence-corrected chi connectivity index (χ1v) is 11.5. The van der Waals surface area contributed by atoms with E-state index in [4.69, 9.17) is 4.74 Å². The molecule has 0 aliphatic carbocycles. The SMILES string of the molecule is Cc1nc2ccccc2c(=O)n1-c1ccc(C(=O)OC(C)C(=O)Nc2cccc3ccccc23)cc1. The number of aryl methyl sites for hydroxylation is 1. The van der Waals surface area contributed by atoms with Crippen molar-refractivity contribution in [3.63, 3.8) is 0 Å². The number of anilines is 1. The molecule has 178 valence electrons. The second kappa shape index (κ2) is 9.46. The molecule has 0 aliphatic rings. The summed E-state index contributed by atoms with van der Waals surface area (Å²) in [5.74, 6) is -0.531. The van der Waals surface area contributed by atoms with E-state index >= 15 is 0 Å². The van der Waals surface area contributed by atoms with Crippen molar-refractivity contribution < 1.29 is 14.3 Å². The normalized spacial score (nSPS) is 11.8. The molecule has 0 fully saturated rings. The molecule has 7 nitrogen and oxygen atoms in total. The van der Waals surface area contributed by atoms with Crippen LogP contribution >= 0.6 is 0 Å². The van der Waals surface area contributed by atoms with Crippen molar-refractivity contribution in [3.8, 4) is 5.69 Å². The first kappa shape index (κ1) is 23.0. The topological polar surface area (TPSA) is 90.3 Å². The minimum absolute atomic E-state index is 0.188. The van der Waals surface area contributed by atoms with E-state index in [1.165, 1.54) is 11.5 Å². The van der Waals surface area contributed by atoms with Crippen molar-refractivity contribution >= 4 is 39.2 Å². The van der Waals surface area contributed by atoms with E-state index in [9.17, 15) is 14.4 Å². The van der Waals surface area contributed by atoms with E-state index in [0.29, 0.717) is 28.1 Å². The number of carbonyl (C=O) groups is 2. The number of hydrogen-bond acceptors (Lipinski definition) is 5. The molecule has 0 radical (unpaired) electrons. The van der Waals surface area contributed by atoms with Gasteiger partial charge in [0.05, 0.1) is 22.2 Å². The fraction of sp³-hybridized carbons (Fsp3) is 0.103. The zero-order valence-electron chi connectivity index (χ0n) is 19.8. The summed E-state index contributed by atoms with van der Waals surface area (Å²) in [5.41, 5.74) is 1.94. The van der Waals surface area contributed by atoms with Gasteiger partial charge in [-0.1, -0.05) is 48.5 Å². The number of nitrogens with zero attached hydrogens (tertiary/aromatic N) is 2. The Morgan fingerprint density at radius 3 is 2.31 bits per heavy atom. The number of nitrogens with one attached hydrogen (secondary N) is 1. The van der Waals surface area contributed by atoms with Gasteiger partial charge in [-0.3, -0.25) is 14.2 Å². The van der Waals surface area contributed by atoms with Crippen LogP contribution in [0.3, 0.4) is 0 Å². The van der Waals surface area contributed by atoms with Crippen LogP contribution in [0.25, 0.3) is 27.4 Å². The average Bonchev–Trinajstić information content (AvgIpc) is 2.89. The highest BCUT2D eigenvalue weighted by molar-refractivity contribution is 6.04. The molecule has 0 bridgehead atoms. The number of fused-ring (bicyclic) bond motifs is 2. The standard InChI is InChI=1S/C29H23N3O4/c1-18(27(33)31-25-13-7-9-20-8-3-4-10-23(20)25)36-29(35)21-14-16-22(17-15-21)32-19(2)30-26-12-6-5-11-24(26)28(32)34/h3-18H,1-2H3,(H,31,33). The Bertz CT molecular complexity index is 1670. The minimum atomic E-state index is -1.01. The fourth-order valence-corrected chi connectivity index (χ4v) is 4.15. The summed E-state index contributed by atoms with van der Waals surface area (Å²) < 4.78 is 6.90. The summed E-state index contributed by atoms with van der Waals surface area (Å²) in [7, 11) is 0. The number of amides is 1. The van der Waals surface area contributed by atoms with Crippen molar-refractivity contribution in [2.24, 2.45) is 0 Å². The van der Waals surface area contributed by atoms with Gasteiger partial charge in [0.15, 0.2) is 6.10 Å². The van der Waals surface area contributed by atoms with E-state index in [1.54, 1.807) is 55.5 Å². The Morgan fingerprint density at radius 1 is 0.861 bits per heavy atom. The minimum Gasteiger partial charge on any atom is -0.449 e. The van der Waals surface area contributed by atoms with Gasteiger partial charge in [0.25, 0.3) is 11.5 Å². The Balaban J connectivity index is 1.31. The van der Waals surface area contributed by atoms with Crippen LogP contribution < -0.4 is 10.9 Å². The third-order valence-electron chi connectivity index (χ3n) is 6.01. The molecule has 1 atom stereocenters. The van der Waals surface area contributed by atoms with Crippen molar-refractivity contribution in [1.82, 2.24) is 9.55 Å². The third-order valence-corrected chi connectivity index (χ3v) is 6.01. The maximum atomic E-state index is 13.0. The van der Waals surface area contributed by atoms with Crippen molar-refractivity contribution in [2.75, 3.05) is 5.32 Å². The van der Waals surface area contributed by atoms with Crippen LogP contribution in [-0.4, -0.2) is 27.5 Å². The smallest absolute Gasteiger partial charge is 0.338 e. The Labute approximate surface area is 207 Å². The molecule has 5 rings (SSSR count). The highest BCUT2D eigenvalue weighted by atomic mass is 16.5. The Hall–Kier alpha value is -4.78. The first-order valence-electron chi connectivity index (χ1n) is 11.5. The first-order chi connectivity index (χ1) is 17.4. The average molecular weight is 478 g/mol. The highest BCUT2D eigenvalue weighted by Gasteiger charge is 2.20. The third kappa shape index (κ3) is 4.34. The molecular formula is C29H23N3O4. The number of esters is 1. The van der Waals surface area contributed by atoms with E-state index in [0.717, 1.165) is 10.8 Å². The molecule has 36 heavy (non-hydrogen) atoms. The van der Waals surface area contributed by atoms with E-state index in [2.05, 4.69) is 10.3 Å². The van der Waals surface area contributed by atoms with Crippen LogP contribution in [0, 0.1) is 6.92 Å². The van der Waals surface area contributed by atoms with Gasteiger partial charge in [0.2, 0.25) is 0 Å². The van der Waals surface area contributed by atoms with Crippen LogP contribution in [0.2, 0.25) is 0 Å². The molecule has 0 spiro atoms. The van der Waals surface area contributed by atoms with E-state index in [-0.39, 0.29) is 11.1 Å². The fourth-order valence-electron chi connectivity index (χ4n) is 4.15. The van der Waals surface area contributed by atoms with Crippen LogP contribution in [-0.2, 0) is 9.53 Å². The number of ether oxygens (including phenoxy) is 1. The van der Waals surface area contributed by atoms with E-state index < -0.39 is 18.0 Å². The number of aromatic nitrogens is 2. The lowest BCUT2D eigenvalue weighted by Gasteiger charge is -2.15. The van der Waals surface area contributed by atoms with Crippen LogP contribution in [0.1, 0.15) is 23.1 Å². The van der Waals surface area contributed by atoms with Gasteiger partial charge in [-0.25, -0.2) is 9.78 Å². The van der Waals surface area contributed by atoms with E-state index in [1.807, 2.05) is 42.5 Å². The number of carbonyl (C=O) groups excluding carboxylic acids is 2. The molecule has 1 unspecified atom stereocenters. The second-order valence-corrected chi connectivity index (χ2v) is 8.43. The molecule has 0 saturated heterocycles. The predicted octanol–water partition coefficient (Wildman–Crippen LogP) is 5.03. The highest BCUT2D eigenvalue weighted by Crippen LogP contribution is 2.23. The van der Waals surface area contributed by atoms with Gasteiger partial charge in [-0.15, -0.1) is 0 Å². The number of hydrogen-bond donors (Lipinski definition) is 1. The lowest BCUT2D eigenvalue weighted by Crippen LogP contribution is -2.30.